The second-order valence-corrected chi connectivity index (χ2v) is 5.15. The molecule has 8 heteroatoms. The fourth-order valence-electron chi connectivity index (χ4n) is 1.45. The molecular weight excluding hydrogens is 220 g/mol. The summed E-state index contributed by atoms with van der Waals surface area (Å²) in [6.45, 7) is 0.321. The average Bonchev–Trinajstić information content (AvgIpc) is 2.50. The molecule has 1 unspecified atom stereocenters. The number of primary amides is 1. The van der Waals surface area contributed by atoms with E-state index in [-0.39, 0.29) is 4.90 Å². The van der Waals surface area contributed by atoms with Crippen LogP contribution in [-0.4, -0.2) is 41.4 Å². The Morgan fingerprint density at radius 3 is 2.80 bits per heavy atom. The number of nitrogens with two attached hydrogens (primary N) is 1. The van der Waals surface area contributed by atoms with Crippen molar-refractivity contribution in [3.05, 3.63) is 12.4 Å². The van der Waals surface area contributed by atoms with E-state index in [1.807, 2.05) is 0 Å². The van der Waals surface area contributed by atoms with Crippen LogP contribution in [0.1, 0.15) is 6.42 Å². The third-order valence-electron chi connectivity index (χ3n) is 2.38. The highest BCUT2D eigenvalue weighted by Crippen LogP contribution is 2.25. The monoisotopic (exact) mass is 230 g/mol. The lowest BCUT2D eigenvalue weighted by Gasteiger charge is -2.36. The molecule has 1 saturated heterocycles. The van der Waals surface area contributed by atoms with Gasteiger partial charge in [0.1, 0.15) is 10.9 Å². The Labute approximate surface area is 86.3 Å². The second kappa shape index (κ2) is 3.31. The number of H-pyrrole nitrogens is 1. The van der Waals surface area contributed by atoms with Crippen LogP contribution in [0.2, 0.25) is 0 Å². The van der Waals surface area contributed by atoms with E-state index in [0.29, 0.717) is 13.0 Å². The van der Waals surface area contributed by atoms with Crippen molar-refractivity contribution in [2.75, 3.05) is 6.54 Å². The largest absolute Gasteiger partial charge is 0.368 e. The minimum absolute atomic E-state index is 0.0495. The van der Waals surface area contributed by atoms with Crippen molar-refractivity contribution in [1.29, 1.82) is 0 Å². The highest BCUT2D eigenvalue weighted by atomic mass is 32.2. The molecule has 0 saturated carbocycles. The van der Waals surface area contributed by atoms with Crippen molar-refractivity contribution >= 4 is 15.9 Å². The predicted octanol–water partition coefficient (Wildman–Crippen LogP) is -1.34. The first kappa shape index (κ1) is 10.1. The predicted molar refractivity (Wildman–Crippen MR) is 50.1 cm³/mol. The normalized spacial score (nSPS) is 22.3. The Hall–Kier alpha value is -1.41. The number of sulfonamides is 1. The van der Waals surface area contributed by atoms with Crippen LogP contribution in [0.15, 0.2) is 17.3 Å². The van der Waals surface area contributed by atoms with E-state index in [2.05, 4.69) is 10.2 Å². The Kier molecular flexibility index (Phi) is 2.24. The van der Waals surface area contributed by atoms with E-state index >= 15 is 0 Å². The van der Waals surface area contributed by atoms with Crippen LogP contribution in [0.4, 0.5) is 0 Å². The summed E-state index contributed by atoms with van der Waals surface area (Å²) in [7, 11) is -3.61. The summed E-state index contributed by atoms with van der Waals surface area (Å²) in [6.07, 6.45) is 2.95. The Balaban J connectivity index is 2.28. The van der Waals surface area contributed by atoms with Gasteiger partial charge in [-0.25, -0.2) is 8.42 Å². The topological polar surface area (TPSA) is 109 Å². The van der Waals surface area contributed by atoms with Gasteiger partial charge in [-0.15, -0.1) is 0 Å². The van der Waals surface area contributed by atoms with E-state index in [4.69, 9.17) is 5.73 Å². The smallest absolute Gasteiger partial charge is 0.246 e. The number of rotatable bonds is 3. The summed E-state index contributed by atoms with van der Waals surface area (Å²) in [5.74, 6) is -0.617. The molecule has 0 bridgehead atoms. The van der Waals surface area contributed by atoms with E-state index in [1.165, 1.54) is 12.4 Å². The molecule has 1 aromatic rings. The highest BCUT2D eigenvalue weighted by molar-refractivity contribution is 7.89. The molecule has 0 aliphatic carbocycles. The van der Waals surface area contributed by atoms with Crippen LogP contribution in [-0.2, 0) is 14.8 Å². The molecule has 0 aromatic carbocycles. The molecule has 2 heterocycles. The van der Waals surface area contributed by atoms with E-state index in [9.17, 15) is 13.2 Å². The quantitative estimate of drug-likeness (QED) is 0.669. The number of nitrogens with zero attached hydrogens (tertiary/aromatic N) is 2. The molecular formula is C7H10N4O3S. The fraction of sp³-hybridized carbons (Fsp3) is 0.429. The third-order valence-corrected chi connectivity index (χ3v) is 4.25. The van der Waals surface area contributed by atoms with Gasteiger partial charge in [0.05, 0.1) is 6.20 Å². The van der Waals surface area contributed by atoms with Crippen molar-refractivity contribution in [2.24, 2.45) is 5.73 Å². The number of aromatic amines is 1. The molecule has 1 aromatic heterocycles. The Morgan fingerprint density at radius 1 is 1.67 bits per heavy atom. The molecule has 1 fully saturated rings. The lowest BCUT2D eigenvalue weighted by Crippen LogP contribution is -2.56. The first-order valence-electron chi connectivity index (χ1n) is 4.33. The summed E-state index contributed by atoms with van der Waals surface area (Å²) in [4.78, 5) is 11.0. The average molecular weight is 230 g/mol. The molecule has 0 spiro atoms. The second-order valence-electron chi connectivity index (χ2n) is 3.26. The van der Waals surface area contributed by atoms with E-state index in [1.54, 1.807) is 0 Å². The standard InChI is InChI=1S/C7H10N4O3S/c8-7(12)6-1-2-11(6)15(13,14)5-3-9-10-4-5/h3-4,6H,1-2H2,(H2,8,12)(H,9,10). The van der Waals surface area contributed by atoms with Crippen molar-refractivity contribution in [1.82, 2.24) is 14.5 Å². The first-order chi connectivity index (χ1) is 7.03. The first-order valence-corrected chi connectivity index (χ1v) is 5.77. The third kappa shape index (κ3) is 1.51. The van der Waals surface area contributed by atoms with Crippen molar-refractivity contribution in [2.45, 2.75) is 17.4 Å². The maximum atomic E-state index is 11.8. The lowest BCUT2D eigenvalue weighted by atomic mass is 10.1. The van der Waals surface area contributed by atoms with Gasteiger partial charge in [-0.05, 0) is 6.42 Å². The van der Waals surface area contributed by atoms with Gasteiger partial charge in [0.2, 0.25) is 15.9 Å². The minimum atomic E-state index is -3.61. The van der Waals surface area contributed by atoms with Crippen LogP contribution in [0.3, 0.4) is 0 Å². The van der Waals surface area contributed by atoms with Gasteiger partial charge < -0.3 is 5.73 Å². The number of hydrogen-bond acceptors (Lipinski definition) is 4. The number of carbonyl (C=O) groups excluding carboxylic acids is 1. The molecule has 2 rings (SSSR count). The van der Waals surface area contributed by atoms with Gasteiger partial charge in [0.25, 0.3) is 0 Å². The molecule has 1 amide bonds. The summed E-state index contributed by atoms with van der Waals surface area (Å²) >= 11 is 0. The van der Waals surface area contributed by atoms with Crippen LogP contribution in [0.5, 0.6) is 0 Å². The molecule has 82 valence electrons. The van der Waals surface area contributed by atoms with Crippen LogP contribution in [0, 0.1) is 0 Å². The number of nitrogens with one attached hydrogen (secondary N) is 1. The number of aromatic nitrogens is 2. The van der Waals surface area contributed by atoms with Crippen molar-refractivity contribution in [3.63, 3.8) is 0 Å². The van der Waals surface area contributed by atoms with Gasteiger partial charge in [-0.2, -0.15) is 9.40 Å². The summed E-state index contributed by atoms with van der Waals surface area (Å²) in [5, 5.41) is 5.96. The molecule has 1 aliphatic rings. The van der Waals surface area contributed by atoms with Crippen molar-refractivity contribution in [3.8, 4) is 0 Å². The zero-order chi connectivity index (χ0) is 11.1. The number of carbonyl (C=O) groups is 1. The Morgan fingerprint density at radius 2 is 2.40 bits per heavy atom. The molecule has 3 N–H and O–H groups in total. The molecule has 7 nitrogen and oxygen atoms in total. The van der Waals surface area contributed by atoms with Crippen LogP contribution < -0.4 is 5.73 Å². The molecule has 1 atom stereocenters. The summed E-state index contributed by atoms with van der Waals surface area (Å²) in [6, 6.07) is -0.718. The maximum absolute atomic E-state index is 11.8. The van der Waals surface area contributed by atoms with Gasteiger partial charge in [-0.1, -0.05) is 0 Å². The van der Waals surface area contributed by atoms with E-state index in [0.717, 1.165) is 4.31 Å². The minimum Gasteiger partial charge on any atom is -0.368 e. The molecule has 15 heavy (non-hydrogen) atoms. The molecule has 0 radical (unpaired) electrons. The van der Waals surface area contributed by atoms with Gasteiger partial charge in [0.15, 0.2) is 0 Å². The lowest BCUT2D eigenvalue weighted by molar-refractivity contribution is -0.124. The van der Waals surface area contributed by atoms with Crippen LogP contribution in [0.25, 0.3) is 0 Å². The van der Waals surface area contributed by atoms with Gasteiger partial charge in [-0.3, -0.25) is 9.89 Å². The van der Waals surface area contributed by atoms with Gasteiger partial charge in [0, 0.05) is 12.7 Å². The van der Waals surface area contributed by atoms with Gasteiger partial charge >= 0.3 is 0 Å². The van der Waals surface area contributed by atoms with Crippen molar-refractivity contribution < 1.29 is 13.2 Å². The number of hydrogen-bond donors (Lipinski definition) is 2. The fourth-order valence-corrected chi connectivity index (χ4v) is 3.00. The molecule has 1 aliphatic heterocycles. The van der Waals surface area contributed by atoms with Crippen LogP contribution >= 0.6 is 0 Å². The summed E-state index contributed by atoms with van der Waals surface area (Å²) < 4.78 is 24.8. The maximum Gasteiger partial charge on any atom is 0.246 e. The highest BCUT2D eigenvalue weighted by Gasteiger charge is 2.42. The van der Waals surface area contributed by atoms with E-state index < -0.39 is 22.0 Å². The zero-order valence-electron chi connectivity index (χ0n) is 7.75. The zero-order valence-corrected chi connectivity index (χ0v) is 8.57. The SMILES string of the molecule is NC(=O)C1CCN1S(=O)(=O)c1cn[nH]c1. The number of amides is 1. The summed E-state index contributed by atoms with van der Waals surface area (Å²) in [5.41, 5.74) is 5.07. The Bertz CT molecular complexity index is 466.